The van der Waals surface area contributed by atoms with E-state index in [4.69, 9.17) is 0 Å². The second kappa shape index (κ2) is 4.88. The minimum absolute atomic E-state index is 0.0888. The number of hydrogen-bond acceptors (Lipinski definition) is 4. The molecule has 15 heavy (non-hydrogen) atoms. The first-order valence-corrected chi connectivity index (χ1v) is 4.76. The maximum absolute atomic E-state index is 11.3. The molecule has 0 saturated carbocycles. The number of carbonyl (C=O) groups is 3. The van der Waals surface area contributed by atoms with Gasteiger partial charge in [-0.05, 0) is 0 Å². The number of amides is 3. The van der Waals surface area contributed by atoms with Crippen LogP contribution in [0.4, 0.5) is 0 Å². The zero-order chi connectivity index (χ0) is 11.4. The fraction of sp³-hybridized carbons (Fsp3) is 0.667. The first-order valence-electron chi connectivity index (χ1n) is 4.76. The Hall–Kier alpha value is -1.43. The van der Waals surface area contributed by atoms with Gasteiger partial charge in [-0.2, -0.15) is 0 Å². The first-order chi connectivity index (χ1) is 7.02. The molecule has 0 aromatic heterocycles. The van der Waals surface area contributed by atoms with Gasteiger partial charge in [-0.3, -0.25) is 24.6 Å². The summed E-state index contributed by atoms with van der Waals surface area (Å²) in [5.41, 5.74) is 0. The zero-order valence-corrected chi connectivity index (χ0v) is 8.95. The first kappa shape index (κ1) is 11.6. The maximum atomic E-state index is 11.3. The van der Waals surface area contributed by atoms with Crippen molar-refractivity contribution in [3.63, 3.8) is 0 Å². The van der Waals surface area contributed by atoms with Gasteiger partial charge in [0.2, 0.25) is 17.7 Å². The van der Waals surface area contributed by atoms with Gasteiger partial charge in [0, 0.05) is 27.1 Å². The predicted molar refractivity (Wildman–Crippen MR) is 52.9 cm³/mol. The van der Waals surface area contributed by atoms with Crippen molar-refractivity contribution in [3.05, 3.63) is 0 Å². The van der Waals surface area contributed by atoms with Crippen LogP contribution in [-0.4, -0.2) is 61.3 Å². The highest BCUT2D eigenvalue weighted by Crippen LogP contribution is 1.99. The Morgan fingerprint density at radius 1 is 1.33 bits per heavy atom. The van der Waals surface area contributed by atoms with Crippen LogP contribution in [0.5, 0.6) is 0 Å². The summed E-state index contributed by atoms with van der Waals surface area (Å²) in [7, 11) is 3.29. The lowest BCUT2D eigenvalue weighted by Crippen LogP contribution is -2.52. The molecular weight excluding hydrogens is 198 g/mol. The summed E-state index contributed by atoms with van der Waals surface area (Å²) in [5, 5.41) is 2.69. The fourth-order valence-corrected chi connectivity index (χ4v) is 1.29. The average molecular weight is 213 g/mol. The molecule has 0 atom stereocenters. The highest BCUT2D eigenvalue weighted by atomic mass is 16.2. The molecule has 0 bridgehead atoms. The van der Waals surface area contributed by atoms with Gasteiger partial charge in [0.1, 0.15) is 0 Å². The Balaban J connectivity index is 2.46. The summed E-state index contributed by atoms with van der Waals surface area (Å²) in [4.78, 5) is 36.4. The van der Waals surface area contributed by atoms with Crippen molar-refractivity contribution in [2.75, 3.05) is 33.7 Å². The molecule has 1 saturated heterocycles. The van der Waals surface area contributed by atoms with E-state index in [-0.39, 0.29) is 43.8 Å². The Bertz CT molecular complexity index is 272. The number of piperazine rings is 1. The third-order valence-electron chi connectivity index (χ3n) is 2.20. The van der Waals surface area contributed by atoms with Crippen LogP contribution in [-0.2, 0) is 14.4 Å². The second-order valence-corrected chi connectivity index (χ2v) is 3.58. The van der Waals surface area contributed by atoms with E-state index in [1.807, 2.05) is 0 Å². The van der Waals surface area contributed by atoms with Gasteiger partial charge in [0.05, 0.1) is 13.1 Å². The highest BCUT2D eigenvalue weighted by Gasteiger charge is 2.25. The van der Waals surface area contributed by atoms with E-state index < -0.39 is 0 Å². The minimum atomic E-state index is -0.266. The van der Waals surface area contributed by atoms with E-state index in [0.29, 0.717) is 0 Å². The number of imide groups is 1. The molecule has 6 heteroatoms. The zero-order valence-electron chi connectivity index (χ0n) is 8.95. The molecule has 0 unspecified atom stereocenters. The van der Waals surface area contributed by atoms with E-state index in [2.05, 4.69) is 5.32 Å². The van der Waals surface area contributed by atoms with Gasteiger partial charge in [0.15, 0.2) is 0 Å². The van der Waals surface area contributed by atoms with Crippen LogP contribution in [0.1, 0.15) is 6.42 Å². The fourth-order valence-electron chi connectivity index (χ4n) is 1.29. The Morgan fingerprint density at radius 2 is 1.87 bits per heavy atom. The SMILES string of the molecule is CN(C)C(=O)CCN1C(=O)CNCC1=O. The van der Waals surface area contributed by atoms with Crippen LogP contribution in [0.3, 0.4) is 0 Å². The molecule has 1 rings (SSSR count). The largest absolute Gasteiger partial charge is 0.349 e. The third kappa shape index (κ3) is 3.02. The monoisotopic (exact) mass is 213 g/mol. The van der Waals surface area contributed by atoms with Gasteiger partial charge in [-0.15, -0.1) is 0 Å². The maximum Gasteiger partial charge on any atom is 0.243 e. The Labute approximate surface area is 88.2 Å². The van der Waals surface area contributed by atoms with Crippen molar-refractivity contribution in [2.24, 2.45) is 0 Å². The smallest absolute Gasteiger partial charge is 0.243 e. The van der Waals surface area contributed by atoms with Crippen LogP contribution in [0.2, 0.25) is 0 Å². The molecule has 0 aromatic rings. The van der Waals surface area contributed by atoms with Crippen molar-refractivity contribution < 1.29 is 14.4 Å². The van der Waals surface area contributed by atoms with Gasteiger partial charge < -0.3 is 4.90 Å². The normalized spacial score (nSPS) is 16.8. The van der Waals surface area contributed by atoms with Crippen LogP contribution in [0.15, 0.2) is 0 Å². The van der Waals surface area contributed by atoms with Crippen LogP contribution >= 0.6 is 0 Å². The summed E-state index contributed by atoms with van der Waals surface area (Å²) in [6, 6.07) is 0. The van der Waals surface area contributed by atoms with Gasteiger partial charge in [-0.25, -0.2) is 0 Å². The molecule has 1 aliphatic heterocycles. The summed E-state index contributed by atoms with van der Waals surface area (Å²) in [6.07, 6.45) is 0.185. The molecule has 0 aromatic carbocycles. The molecule has 1 fully saturated rings. The van der Waals surface area contributed by atoms with Crippen molar-refractivity contribution in [1.29, 1.82) is 0 Å². The van der Waals surface area contributed by atoms with E-state index in [1.165, 1.54) is 4.90 Å². The minimum Gasteiger partial charge on any atom is -0.349 e. The number of rotatable bonds is 3. The van der Waals surface area contributed by atoms with Crippen molar-refractivity contribution in [3.8, 4) is 0 Å². The Morgan fingerprint density at radius 3 is 2.33 bits per heavy atom. The molecular formula is C9H15N3O3. The van der Waals surface area contributed by atoms with E-state index in [1.54, 1.807) is 14.1 Å². The van der Waals surface area contributed by atoms with Crippen LogP contribution in [0.25, 0.3) is 0 Å². The number of nitrogens with one attached hydrogen (secondary N) is 1. The molecule has 0 radical (unpaired) electrons. The van der Waals surface area contributed by atoms with Gasteiger partial charge >= 0.3 is 0 Å². The summed E-state index contributed by atoms with van der Waals surface area (Å²) in [5.74, 6) is -0.621. The number of nitrogens with zero attached hydrogens (tertiary/aromatic N) is 2. The quantitative estimate of drug-likeness (QED) is 0.575. The van der Waals surface area contributed by atoms with E-state index in [0.717, 1.165) is 4.90 Å². The molecule has 0 spiro atoms. The average Bonchev–Trinajstić information content (AvgIpc) is 2.16. The lowest BCUT2D eigenvalue weighted by atomic mass is 10.3. The second-order valence-electron chi connectivity index (χ2n) is 3.58. The summed E-state index contributed by atoms with van der Waals surface area (Å²) in [6.45, 7) is 0.514. The molecule has 84 valence electrons. The molecule has 0 aliphatic carbocycles. The lowest BCUT2D eigenvalue weighted by molar-refractivity contribution is -0.146. The molecule has 1 N–H and O–H groups in total. The third-order valence-corrected chi connectivity index (χ3v) is 2.20. The Kier molecular flexibility index (Phi) is 3.79. The van der Waals surface area contributed by atoms with E-state index in [9.17, 15) is 14.4 Å². The van der Waals surface area contributed by atoms with Gasteiger partial charge in [0.25, 0.3) is 0 Å². The topological polar surface area (TPSA) is 69.7 Å². The van der Waals surface area contributed by atoms with Crippen molar-refractivity contribution in [2.45, 2.75) is 6.42 Å². The number of carbonyl (C=O) groups excluding carboxylic acids is 3. The predicted octanol–water partition coefficient (Wildman–Crippen LogP) is -1.58. The van der Waals surface area contributed by atoms with E-state index >= 15 is 0 Å². The molecule has 1 aliphatic rings. The lowest BCUT2D eigenvalue weighted by Gasteiger charge is -2.25. The molecule has 3 amide bonds. The molecule has 6 nitrogen and oxygen atoms in total. The van der Waals surface area contributed by atoms with Crippen molar-refractivity contribution >= 4 is 17.7 Å². The van der Waals surface area contributed by atoms with Gasteiger partial charge in [-0.1, -0.05) is 0 Å². The standard InChI is InChI=1S/C9H15N3O3/c1-11(2)7(13)3-4-12-8(14)5-10-6-9(12)15/h10H,3-6H2,1-2H3. The number of hydrogen-bond donors (Lipinski definition) is 1. The van der Waals surface area contributed by atoms with Crippen molar-refractivity contribution in [1.82, 2.24) is 15.1 Å². The summed E-state index contributed by atoms with van der Waals surface area (Å²) >= 11 is 0. The van der Waals surface area contributed by atoms with Crippen LogP contribution < -0.4 is 5.32 Å². The summed E-state index contributed by atoms with van der Waals surface area (Å²) < 4.78 is 0. The highest BCUT2D eigenvalue weighted by molar-refractivity contribution is 5.99. The molecule has 1 heterocycles. The van der Waals surface area contributed by atoms with Crippen LogP contribution in [0, 0.1) is 0 Å².